The van der Waals surface area contributed by atoms with E-state index in [9.17, 15) is 13.2 Å². The summed E-state index contributed by atoms with van der Waals surface area (Å²) in [4.78, 5) is 14.8. The minimum absolute atomic E-state index is 0. The van der Waals surface area contributed by atoms with Crippen molar-refractivity contribution in [2.24, 2.45) is 0 Å². The molecule has 0 radical (unpaired) electrons. The Morgan fingerprint density at radius 1 is 1.25 bits per heavy atom. The van der Waals surface area contributed by atoms with Crippen LogP contribution in [0.1, 0.15) is 23.7 Å². The normalized spacial score (nSPS) is 15.5. The monoisotopic (exact) mass is 375 g/mol. The summed E-state index contributed by atoms with van der Waals surface area (Å²) in [6.07, 6.45) is 0.856. The number of piperazine rings is 1. The third-order valence-corrected chi connectivity index (χ3v) is 5.78. The number of hydrogen-bond donors (Lipinski definition) is 2. The van der Waals surface area contributed by atoms with Gasteiger partial charge in [-0.3, -0.25) is 4.79 Å². The predicted octanol–water partition coefficient (Wildman–Crippen LogP) is 0.927. The molecule has 1 aliphatic rings. The van der Waals surface area contributed by atoms with Crippen molar-refractivity contribution in [1.29, 1.82) is 0 Å². The molecule has 1 fully saturated rings. The highest BCUT2D eigenvalue weighted by Gasteiger charge is 2.20. The molecule has 0 saturated carbocycles. The maximum atomic E-state index is 12.3. The Hall–Kier alpha value is -1.15. The Morgan fingerprint density at radius 3 is 2.58 bits per heavy atom. The summed E-state index contributed by atoms with van der Waals surface area (Å²) in [5.74, 6) is -0.335. The number of hydrogen-bond acceptors (Lipinski definition) is 5. The van der Waals surface area contributed by atoms with Crippen molar-refractivity contribution in [3.05, 3.63) is 29.8 Å². The molecular weight excluding hydrogens is 350 g/mol. The van der Waals surface area contributed by atoms with Gasteiger partial charge in [0.05, 0.1) is 16.2 Å². The smallest absolute Gasteiger partial charge is 0.252 e. The molecule has 2 N–H and O–H groups in total. The predicted molar refractivity (Wildman–Crippen MR) is 97.7 cm³/mol. The molecule has 0 atom stereocenters. The molecule has 0 aromatic heterocycles. The molecule has 136 valence electrons. The van der Waals surface area contributed by atoms with E-state index in [-0.39, 0.29) is 34.5 Å². The molecule has 1 heterocycles. The van der Waals surface area contributed by atoms with Crippen LogP contribution < -0.4 is 10.6 Å². The van der Waals surface area contributed by atoms with Crippen molar-refractivity contribution < 1.29 is 13.2 Å². The van der Waals surface area contributed by atoms with Crippen LogP contribution in [0.15, 0.2) is 29.2 Å². The van der Waals surface area contributed by atoms with E-state index in [1.807, 2.05) is 0 Å². The molecule has 1 amide bonds. The Kier molecular flexibility index (Phi) is 8.69. The second kappa shape index (κ2) is 9.98. The Labute approximate surface area is 150 Å². The van der Waals surface area contributed by atoms with Crippen LogP contribution in [0, 0.1) is 0 Å². The molecule has 0 unspecified atom stereocenters. The SMILES string of the molecule is CCS(=O)(=O)c1ccccc1C(=O)NCCCN1CCNCC1.Cl. The zero-order valence-corrected chi connectivity index (χ0v) is 15.6. The second-order valence-corrected chi connectivity index (χ2v) is 7.85. The van der Waals surface area contributed by atoms with Crippen LogP contribution in [0.5, 0.6) is 0 Å². The van der Waals surface area contributed by atoms with Crippen molar-refractivity contribution in [2.75, 3.05) is 45.0 Å². The summed E-state index contributed by atoms with van der Waals surface area (Å²) >= 11 is 0. The fourth-order valence-electron chi connectivity index (χ4n) is 2.62. The molecule has 0 aliphatic carbocycles. The van der Waals surface area contributed by atoms with Crippen LogP contribution in [-0.2, 0) is 9.84 Å². The molecule has 1 saturated heterocycles. The van der Waals surface area contributed by atoms with E-state index in [1.54, 1.807) is 25.1 Å². The number of amides is 1. The molecule has 6 nitrogen and oxygen atoms in total. The number of sulfone groups is 1. The summed E-state index contributed by atoms with van der Waals surface area (Å²) in [6, 6.07) is 6.39. The lowest BCUT2D eigenvalue weighted by molar-refractivity contribution is 0.0948. The topological polar surface area (TPSA) is 78.5 Å². The van der Waals surface area contributed by atoms with Crippen LogP contribution in [0.25, 0.3) is 0 Å². The second-order valence-electron chi connectivity index (χ2n) is 5.60. The van der Waals surface area contributed by atoms with Crippen molar-refractivity contribution >= 4 is 28.2 Å². The number of nitrogens with zero attached hydrogens (tertiary/aromatic N) is 1. The van der Waals surface area contributed by atoms with Crippen LogP contribution in [0.2, 0.25) is 0 Å². The van der Waals surface area contributed by atoms with Gasteiger partial charge in [0.25, 0.3) is 5.91 Å². The lowest BCUT2D eigenvalue weighted by Gasteiger charge is -2.27. The van der Waals surface area contributed by atoms with Gasteiger partial charge in [0.2, 0.25) is 0 Å². The number of nitrogens with one attached hydrogen (secondary N) is 2. The Balaban J connectivity index is 0.00000288. The number of benzene rings is 1. The maximum absolute atomic E-state index is 12.3. The minimum Gasteiger partial charge on any atom is -0.352 e. The first-order valence-electron chi connectivity index (χ1n) is 8.07. The van der Waals surface area contributed by atoms with Gasteiger partial charge < -0.3 is 15.5 Å². The highest BCUT2D eigenvalue weighted by atomic mass is 35.5. The van der Waals surface area contributed by atoms with Crippen molar-refractivity contribution in [3.8, 4) is 0 Å². The van der Waals surface area contributed by atoms with Crippen molar-refractivity contribution in [3.63, 3.8) is 0 Å². The summed E-state index contributed by atoms with van der Waals surface area (Å²) in [7, 11) is -3.40. The van der Waals surface area contributed by atoms with E-state index in [0.29, 0.717) is 6.54 Å². The van der Waals surface area contributed by atoms with Gasteiger partial charge in [-0.1, -0.05) is 19.1 Å². The zero-order chi connectivity index (χ0) is 16.7. The van der Waals surface area contributed by atoms with Crippen LogP contribution in [-0.4, -0.2) is 64.2 Å². The van der Waals surface area contributed by atoms with E-state index in [4.69, 9.17) is 0 Å². The Bertz CT molecular complexity index is 631. The Morgan fingerprint density at radius 2 is 1.92 bits per heavy atom. The number of carbonyl (C=O) groups is 1. The fraction of sp³-hybridized carbons (Fsp3) is 0.562. The fourth-order valence-corrected chi connectivity index (χ4v) is 3.71. The summed E-state index contributed by atoms with van der Waals surface area (Å²) in [5, 5.41) is 6.13. The van der Waals surface area contributed by atoms with Gasteiger partial charge in [-0.15, -0.1) is 12.4 Å². The summed E-state index contributed by atoms with van der Waals surface area (Å²) in [5.41, 5.74) is 0.233. The average Bonchev–Trinajstić information content (AvgIpc) is 2.59. The van der Waals surface area contributed by atoms with Gasteiger partial charge in [0.15, 0.2) is 9.84 Å². The van der Waals surface area contributed by atoms with Gasteiger partial charge in [-0.2, -0.15) is 0 Å². The molecule has 0 bridgehead atoms. The van der Waals surface area contributed by atoms with Crippen LogP contribution >= 0.6 is 12.4 Å². The molecule has 1 aromatic carbocycles. The van der Waals surface area contributed by atoms with E-state index < -0.39 is 9.84 Å². The van der Waals surface area contributed by atoms with Crippen LogP contribution in [0.4, 0.5) is 0 Å². The molecule has 24 heavy (non-hydrogen) atoms. The minimum atomic E-state index is -3.40. The quantitative estimate of drug-likeness (QED) is 0.693. The molecule has 0 spiro atoms. The van der Waals surface area contributed by atoms with Gasteiger partial charge in [0, 0.05) is 32.7 Å². The zero-order valence-electron chi connectivity index (χ0n) is 14.0. The lowest BCUT2D eigenvalue weighted by Crippen LogP contribution is -2.44. The summed E-state index contributed by atoms with van der Waals surface area (Å²) in [6.45, 7) is 7.15. The van der Waals surface area contributed by atoms with E-state index >= 15 is 0 Å². The first-order valence-corrected chi connectivity index (χ1v) is 9.73. The summed E-state index contributed by atoms with van der Waals surface area (Å²) < 4.78 is 24.1. The van der Waals surface area contributed by atoms with E-state index in [2.05, 4.69) is 15.5 Å². The van der Waals surface area contributed by atoms with E-state index in [0.717, 1.165) is 39.1 Å². The molecule has 1 aliphatic heterocycles. The van der Waals surface area contributed by atoms with Crippen LogP contribution in [0.3, 0.4) is 0 Å². The molecule has 8 heteroatoms. The van der Waals surface area contributed by atoms with Gasteiger partial charge in [0.1, 0.15) is 0 Å². The lowest BCUT2D eigenvalue weighted by atomic mass is 10.2. The molecular formula is C16H26ClN3O3S. The number of rotatable bonds is 7. The maximum Gasteiger partial charge on any atom is 0.252 e. The number of carbonyl (C=O) groups excluding carboxylic acids is 1. The molecule has 1 aromatic rings. The van der Waals surface area contributed by atoms with Gasteiger partial charge >= 0.3 is 0 Å². The first-order chi connectivity index (χ1) is 11.0. The molecule has 2 rings (SSSR count). The van der Waals surface area contributed by atoms with Gasteiger partial charge in [-0.05, 0) is 25.1 Å². The average molecular weight is 376 g/mol. The third-order valence-electron chi connectivity index (χ3n) is 3.99. The first kappa shape index (κ1) is 20.9. The third kappa shape index (κ3) is 5.73. The highest BCUT2D eigenvalue weighted by Crippen LogP contribution is 2.16. The van der Waals surface area contributed by atoms with E-state index in [1.165, 1.54) is 6.07 Å². The number of halogens is 1. The van der Waals surface area contributed by atoms with Crippen molar-refractivity contribution in [1.82, 2.24) is 15.5 Å². The van der Waals surface area contributed by atoms with Gasteiger partial charge in [-0.25, -0.2) is 8.42 Å². The highest BCUT2D eigenvalue weighted by molar-refractivity contribution is 7.91. The standard InChI is InChI=1S/C16H25N3O3S.ClH/c1-2-23(21,22)15-7-4-3-6-14(15)16(20)18-8-5-11-19-12-9-17-10-13-19;/h3-4,6-7,17H,2,5,8-13H2,1H3,(H,18,20);1H. The van der Waals surface area contributed by atoms with Crippen molar-refractivity contribution in [2.45, 2.75) is 18.2 Å². The largest absolute Gasteiger partial charge is 0.352 e.